The highest BCUT2D eigenvalue weighted by molar-refractivity contribution is 9.10. The molecule has 0 unspecified atom stereocenters. The second kappa shape index (κ2) is 6.48. The normalized spacial score (nSPS) is 10.4. The van der Waals surface area contributed by atoms with E-state index in [2.05, 4.69) is 36.4 Å². The second-order valence-electron chi connectivity index (χ2n) is 4.44. The summed E-state index contributed by atoms with van der Waals surface area (Å²) in [6.07, 6.45) is 3.31. The third-order valence-electron chi connectivity index (χ3n) is 2.89. The van der Waals surface area contributed by atoms with E-state index < -0.39 is 0 Å². The van der Waals surface area contributed by atoms with E-state index in [1.807, 2.05) is 6.07 Å². The van der Waals surface area contributed by atoms with Crippen molar-refractivity contribution >= 4 is 21.8 Å². The van der Waals surface area contributed by atoms with Crippen LogP contribution in [0.15, 0.2) is 57.8 Å². The van der Waals surface area contributed by atoms with Gasteiger partial charge < -0.3 is 9.84 Å². The fraction of sp³-hybridized carbons (Fsp3) is 0.0667. The lowest BCUT2D eigenvalue weighted by Gasteiger charge is -2.02. The van der Waals surface area contributed by atoms with Gasteiger partial charge in [0.05, 0.1) is 6.54 Å². The summed E-state index contributed by atoms with van der Waals surface area (Å²) in [5.74, 6) is 0.606. The molecular formula is C15H11BrN4O2. The average molecular weight is 359 g/mol. The van der Waals surface area contributed by atoms with E-state index in [0.717, 1.165) is 10.0 Å². The number of hydrogen-bond donors (Lipinski definition) is 1. The standard InChI is InChI=1S/C15H11BrN4O2/c16-12-3-1-2-11(8-12)15(21)18-9-13-19-14(20-22-13)10-4-6-17-7-5-10/h1-8H,9H2,(H,18,21). The van der Waals surface area contributed by atoms with Crippen LogP contribution in [0.1, 0.15) is 16.2 Å². The van der Waals surface area contributed by atoms with Gasteiger partial charge in [0, 0.05) is 28.0 Å². The predicted octanol–water partition coefficient (Wildman–Crippen LogP) is 2.82. The first-order valence-electron chi connectivity index (χ1n) is 6.49. The molecular weight excluding hydrogens is 348 g/mol. The van der Waals surface area contributed by atoms with Crippen molar-refractivity contribution in [2.75, 3.05) is 0 Å². The molecule has 1 N–H and O–H groups in total. The molecule has 0 saturated carbocycles. The molecule has 22 heavy (non-hydrogen) atoms. The third kappa shape index (κ3) is 3.37. The summed E-state index contributed by atoms with van der Waals surface area (Å²) in [6.45, 7) is 0.170. The lowest BCUT2D eigenvalue weighted by molar-refractivity contribution is 0.0946. The minimum Gasteiger partial charge on any atom is -0.343 e. The monoisotopic (exact) mass is 358 g/mol. The van der Waals surface area contributed by atoms with Gasteiger partial charge in [-0.1, -0.05) is 27.2 Å². The zero-order chi connectivity index (χ0) is 15.4. The summed E-state index contributed by atoms with van der Waals surface area (Å²) < 4.78 is 5.97. The zero-order valence-corrected chi connectivity index (χ0v) is 12.9. The lowest BCUT2D eigenvalue weighted by atomic mass is 10.2. The number of nitrogens with zero attached hydrogens (tertiary/aromatic N) is 3. The van der Waals surface area contributed by atoms with Crippen LogP contribution in [-0.4, -0.2) is 21.0 Å². The molecule has 1 aromatic carbocycles. The maximum atomic E-state index is 12.0. The predicted molar refractivity (Wildman–Crippen MR) is 82.8 cm³/mol. The van der Waals surface area contributed by atoms with Crippen molar-refractivity contribution in [1.29, 1.82) is 0 Å². The van der Waals surface area contributed by atoms with E-state index in [-0.39, 0.29) is 12.5 Å². The summed E-state index contributed by atoms with van der Waals surface area (Å²) in [5, 5.41) is 6.62. The minimum atomic E-state index is -0.204. The Kier molecular flexibility index (Phi) is 4.24. The van der Waals surface area contributed by atoms with Crippen molar-refractivity contribution in [3.8, 4) is 11.4 Å². The number of carbonyl (C=O) groups is 1. The largest absolute Gasteiger partial charge is 0.343 e. The topological polar surface area (TPSA) is 80.9 Å². The van der Waals surface area contributed by atoms with Gasteiger partial charge in [-0.05, 0) is 30.3 Å². The minimum absolute atomic E-state index is 0.170. The van der Waals surface area contributed by atoms with Gasteiger partial charge in [-0.2, -0.15) is 4.98 Å². The molecule has 0 spiro atoms. The highest BCUT2D eigenvalue weighted by Crippen LogP contribution is 2.14. The van der Waals surface area contributed by atoms with Crippen molar-refractivity contribution < 1.29 is 9.32 Å². The molecule has 0 atom stereocenters. The Morgan fingerprint density at radius 2 is 2.05 bits per heavy atom. The van der Waals surface area contributed by atoms with Gasteiger partial charge in [-0.25, -0.2) is 0 Å². The Labute approximate surface area is 134 Å². The number of halogens is 1. The van der Waals surface area contributed by atoms with Gasteiger partial charge in [-0.3, -0.25) is 9.78 Å². The van der Waals surface area contributed by atoms with E-state index in [9.17, 15) is 4.79 Å². The zero-order valence-electron chi connectivity index (χ0n) is 11.4. The summed E-state index contributed by atoms with van der Waals surface area (Å²) in [7, 11) is 0. The van der Waals surface area contributed by atoms with Crippen LogP contribution >= 0.6 is 15.9 Å². The number of pyridine rings is 1. The van der Waals surface area contributed by atoms with Crippen molar-refractivity contribution in [3.63, 3.8) is 0 Å². The van der Waals surface area contributed by atoms with Crippen LogP contribution in [0.3, 0.4) is 0 Å². The number of hydrogen-bond acceptors (Lipinski definition) is 5. The number of amides is 1. The fourth-order valence-corrected chi connectivity index (χ4v) is 2.23. The molecule has 0 saturated heterocycles. The number of rotatable bonds is 4. The van der Waals surface area contributed by atoms with Gasteiger partial charge in [0.25, 0.3) is 5.91 Å². The molecule has 0 fully saturated rings. The summed E-state index contributed by atoms with van der Waals surface area (Å²) in [5.41, 5.74) is 1.37. The second-order valence-corrected chi connectivity index (χ2v) is 5.36. The van der Waals surface area contributed by atoms with E-state index in [1.165, 1.54) is 0 Å². The van der Waals surface area contributed by atoms with Crippen LogP contribution in [-0.2, 0) is 6.54 Å². The maximum absolute atomic E-state index is 12.0. The fourth-order valence-electron chi connectivity index (χ4n) is 1.83. The quantitative estimate of drug-likeness (QED) is 0.775. The highest BCUT2D eigenvalue weighted by Gasteiger charge is 2.11. The molecule has 0 aliphatic rings. The molecule has 0 aliphatic heterocycles. The van der Waals surface area contributed by atoms with Crippen LogP contribution in [0.2, 0.25) is 0 Å². The van der Waals surface area contributed by atoms with Gasteiger partial charge in [0.15, 0.2) is 0 Å². The van der Waals surface area contributed by atoms with Crippen LogP contribution in [0.4, 0.5) is 0 Å². The van der Waals surface area contributed by atoms with Crippen LogP contribution in [0, 0.1) is 0 Å². The molecule has 0 bridgehead atoms. The maximum Gasteiger partial charge on any atom is 0.251 e. The number of nitrogens with one attached hydrogen (secondary N) is 1. The molecule has 0 radical (unpaired) electrons. The summed E-state index contributed by atoms with van der Waals surface area (Å²) in [4.78, 5) is 20.2. The molecule has 110 valence electrons. The molecule has 1 amide bonds. The first kappa shape index (κ1) is 14.4. The van der Waals surface area contributed by atoms with Crippen molar-refractivity contribution in [3.05, 3.63) is 64.7 Å². The van der Waals surface area contributed by atoms with Crippen molar-refractivity contribution in [1.82, 2.24) is 20.4 Å². The molecule has 3 aromatic rings. The average Bonchev–Trinajstić information content (AvgIpc) is 3.02. The van der Waals surface area contributed by atoms with Gasteiger partial charge in [0.1, 0.15) is 0 Å². The van der Waals surface area contributed by atoms with Crippen LogP contribution in [0.5, 0.6) is 0 Å². The Balaban J connectivity index is 1.65. The van der Waals surface area contributed by atoms with Gasteiger partial charge in [-0.15, -0.1) is 0 Å². The number of carbonyl (C=O) groups excluding carboxylic acids is 1. The Bertz CT molecular complexity index is 789. The van der Waals surface area contributed by atoms with Gasteiger partial charge in [0.2, 0.25) is 11.7 Å². The Morgan fingerprint density at radius 3 is 2.82 bits per heavy atom. The highest BCUT2D eigenvalue weighted by atomic mass is 79.9. The molecule has 0 aliphatic carbocycles. The lowest BCUT2D eigenvalue weighted by Crippen LogP contribution is -2.22. The molecule has 6 nitrogen and oxygen atoms in total. The SMILES string of the molecule is O=C(NCc1nc(-c2ccncc2)no1)c1cccc(Br)c1. The molecule has 2 heterocycles. The Hall–Kier alpha value is -2.54. The first-order chi connectivity index (χ1) is 10.7. The molecule has 2 aromatic heterocycles. The van der Waals surface area contributed by atoms with Crippen molar-refractivity contribution in [2.24, 2.45) is 0 Å². The van der Waals surface area contributed by atoms with Crippen LogP contribution in [0.25, 0.3) is 11.4 Å². The van der Waals surface area contributed by atoms with E-state index in [1.54, 1.807) is 42.7 Å². The first-order valence-corrected chi connectivity index (χ1v) is 7.28. The summed E-state index contributed by atoms with van der Waals surface area (Å²) >= 11 is 3.33. The molecule has 7 heteroatoms. The number of benzene rings is 1. The van der Waals surface area contributed by atoms with E-state index in [4.69, 9.17) is 4.52 Å². The molecule has 3 rings (SSSR count). The van der Waals surface area contributed by atoms with E-state index >= 15 is 0 Å². The third-order valence-corrected chi connectivity index (χ3v) is 3.39. The smallest absolute Gasteiger partial charge is 0.251 e. The van der Waals surface area contributed by atoms with Crippen molar-refractivity contribution in [2.45, 2.75) is 6.54 Å². The number of aromatic nitrogens is 3. The summed E-state index contributed by atoms with van der Waals surface area (Å²) in [6, 6.07) is 10.7. The van der Waals surface area contributed by atoms with E-state index in [0.29, 0.717) is 17.3 Å². The van der Waals surface area contributed by atoms with Crippen LogP contribution < -0.4 is 5.32 Å². The Morgan fingerprint density at radius 1 is 1.23 bits per heavy atom. The van der Waals surface area contributed by atoms with Gasteiger partial charge >= 0.3 is 0 Å².